The second-order valence-corrected chi connectivity index (χ2v) is 8.72. The van der Waals surface area contributed by atoms with Crippen LogP contribution in [0.5, 0.6) is 17.2 Å². The van der Waals surface area contributed by atoms with Crippen molar-refractivity contribution < 1.29 is 19.0 Å². The lowest BCUT2D eigenvalue weighted by Crippen LogP contribution is -2.14. The third-order valence-corrected chi connectivity index (χ3v) is 6.63. The number of methoxy groups -OCH3 is 3. The fourth-order valence-corrected chi connectivity index (χ4v) is 4.94. The fraction of sp³-hybridized carbons (Fsp3) is 0.292. The normalized spacial score (nSPS) is 11.0. The average Bonchev–Trinajstić information content (AvgIpc) is 3.37. The molecular formula is C24H26N4O4S. The Labute approximate surface area is 196 Å². The predicted octanol–water partition coefficient (Wildman–Crippen LogP) is 4.99. The van der Waals surface area contributed by atoms with E-state index in [2.05, 4.69) is 10.4 Å². The fourth-order valence-electron chi connectivity index (χ4n) is 3.88. The van der Waals surface area contributed by atoms with Crippen LogP contribution in [-0.4, -0.2) is 42.0 Å². The number of nitrogens with zero attached hydrogens (tertiary/aromatic N) is 3. The molecule has 4 aromatic rings. The van der Waals surface area contributed by atoms with E-state index in [4.69, 9.17) is 19.2 Å². The summed E-state index contributed by atoms with van der Waals surface area (Å²) < 4.78 is 19.0. The number of anilines is 1. The SMILES string of the molecule is COc1cc(C(=O)Nc2c(C)cc3nc(-n4nc(C)cc4C)sc3c2C)cc(OC)c1OC. The van der Waals surface area contributed by atoms with Crippen molar-refractivity contribution >= 4 is 33.1 Å². The molecule has 0 saturated carbocycles. The lowest BCUT2D eigenvalue weighted by Gasteiger charge is -2.15. The number of carbonyl (C=O) groups excluding carboxylic acids is 1. The number of hydrogen-bond acceptors (Lipinski definition) is 7. The van der Waals surface area contributed by atoms with E-state index in [1.807, 2.05) is 44.5 Å². The van der Waals surface area contributed by atoms with Gasteiger partial charge in [0.25, 0.3) is 5.91 Å². The number of thiazole rings is 1. The van der Waals surface area contributed by atoms with Gasteiger partial charge in [0, 0.05) is 16.9 Å². The zero-order valence-corrected chi connectivity index (χ0v) is 20.5. The Morgan fingerprint density at radius 3 is 2.18 bits per heavy atom. The van der Waals surface area contributed by atoms with Crippen molar-refractivity contribution in [3.63, 3.8) is 0 Å². The van der Waals surface area contributed by atoms with Crippen LogP contribution in [0.4, 0.5) is 5.69 Å². The average molecular weight is 467 g/mol. The minimum absolute atomic E-state index is 0.275. The number of rotatable bonds is 6. The first-order valence-corrected chi connectivity index (χ1v) is 11.1. The smallest absolute Gasteiger partial charge is 0.255 e. The lowest BCUT2D eigenvalue weighted by molar-refractivity contribution is 0.102. The molecule has 0 unspecified atom stereocenters. The van der Waals surface area contributed by atoms with E-state index in [9.17, 15) is 4.79 Å². The molecule has 1 N–H and O–H groups in total. The maximum atomic E-state index is 13.2. The highest BCUT2D eigenvalue weighted by molar-refractivity contribution is 7.21. The summed E-state index contributed by atoms with van der Waals surface area (Å²) in [6, 6.07) is 7.27. The number of nitrogens with one attached hydrogen (secondary N) is 1. The van der Waals surface area contributed by atoms with Gasteiger partial charge in [-0.2, -0.15) is 5.10 Å². The van der Waals surface area contributed by atoms with Gasteiger partial charge in [0.05, 0.1) is 37.2 Å². The first-order valence-electron chi connectivity index (χ1n) is 10.3. The van der Waals surface area contributed by atoms with Crippen molar-refractivity contribution in [2.75, 3.05) is 26.6 Å². The van der Waals surface area contributed by atoms with Crippen LogP contribution in [0.2, 0.25) is 0 Å². The van der Waals surface area contributed by atoms with Crippen LogP contribution in [-0.2, 0) is 0 Å². The molecule has 0 radical (unpaired) electrons. The quantitative estimate of drug-likeness (QED) is 0.431. The van der Waals surface area contributed by atoms with Gasteiger partial charge in [0.2, 0.25) is 10.9 Å². The maximum absolute atomic E-state index is 13.2. The Balaban J connectivity index is 1.73. The molecule has 8 nitrogen and oxygen atoms in total. The van der Waals surface area contributed by atoms with E-state index in [0.717, 1.165) is 43.6 Å². The van der Waals surface area contributed by atoms with E-state index in [-0.39, 0.29) is 5.91 Å². The molecule has 0 bridgehead atoms. The van der Waals surface area contributed by atoms with Crippen molar-refractivity contribution in [1.29, 1.82) is 0 Å². The molecule has 0 saturated heterocycles. The van der Waals surface area contributed by atoms with Crippen LogP contribution in [0.1, 0.15) is 32.9 Å². The predicted molar refractivity (Wildman–Crippen MR) is 130 cm³/mol. The van der Waals surface area contributed by atoms with E-state index < -0.39 is 0 Å². The first-order chi connectivity index (χ1) is 15.8. The number of amides is 1. The van der Waals surface area contributed by atoms with E-state index >= 15 is 0 Å². The van der Waals surface area contributed by atoms with Crippen LogP contribution in [0.25, 0.3) is 15.3 Å². The van der Waals surface area contributed by atoms with Crippen LogP contribution >= 0.6 is 11.3 Å². The van der Waals surface area contributed by atoms with E-state index in [1.54, 1.807) is 23.5 Å². The third-order valence-electron chi connectivity index (χ3n) is 5.46. The standard InChI is InChI=1S/C24H26N4O4S/c1-12-8-17-22(33-24(25-17)28-14(3)9-13(2)27-28)15(4)20(12)26-23(29)16-10-18(30-5)21(32-7)19(11-16)31-6/h8-11H,1-7H3,(H,26,29). The van der Waals surface area contributed by atoms with Gasteiger partial charge in [0.1, 0.15) is 0 Å². The second kappa shape index (κ2) is 8.74. The summed E-state index contributed by atoms with van der Waals surface area (Å²) in [5.74, 6) is 1.00. The highest BCUT2D eigenvalue weighted by Crippen LogP contribution is 2.39. The number of hydrogen-bond donors (Lipinski definition) is 1. The summed E-state index contributed by atoms with van der Waals surface area (Å²) in [6.45, 7) is 7.92. The zero-order chi connectivity index (χ0) is 23.9. The summed E-state index contributed by atoms with van der Waals surface area (Å²) >= 11 is 1.55. The summed E-state index contributed by atoms with van der Waals surface area (Å²) in [4.78, 5) is 18.0. The molecule has 1 amide bonds. The molecule has 0 spiro atoms. The van der Waals surface area contributed by atoms with Crippen molar-refractivity contribution in [3.05, 3.63) is 52.3 Å². The molecule has 0 aliphatic rings. The number of aromatic nitrogens is 3. The van der Waals surface area contributed by atoms with Crippen molar-refractivity contribution in [1.82, 2.24) is 14.8 Å². The number of benzene rings is 2. The summed E-state index contributed by atoms with van der Waals surface area (Å²) in [5, 5.41) is 8.40. The van der Waals surface area contributed by atoms with Crippen LogP contribution in [0.3, 0.4) is 0 Å². The molecule has 2 aromatic heterocycles. The minimum Gasteiger partial charge on any atom is -0.493 e. The number of fused-ring (bicyclic) bond motifs is 1. The largest absolute Gasteiger partial charge is 0.493 e. The molecule has 33 heavy (non-hydrogen) atoms. The topological polar surface area (TPSA) is 87.5 Å². The second-order valence-electron chi connectivity index (χ2n) is 7.75. The molecule has 9 heteroatoms. The van der Waals surface area contributed by atoms with Crippen molar-refractivity contribution in [2.24, 2.45) is 0 Å². The molecular weight excluding hydrogens is 440 g/mol. The molecule has 2 heterocycles. The van der Waals surface area contributed by atoms with Gasteiger partial charge in [-0.25, -0.2) is 9.67 Å². The van der Waals surface area contributed by atoms with Crippen molar-refractivity contribution in [2.45, 2.75) is 27.7 Å². The van der Waals surface area contributed by atoms with Gasteiger partial charge < -0.3 is 19.5 Å². The van der Waals surface area contributed by atoms with E-state index in [0.29, 0.717) is 22.8 Å². The Morgan fingerprint density at radius 2 is 1.64 bits per heavy atom. The number of aryl methyl sites for hydroxylation is 4. The number of carbonyl (C=O) groups is 1. The first kappa shape index (κ1) is 22.6. The molecule has 172 valence electrons. The zero-order valence-electron chi connectivity index (χ0n) is 19.7. The molecule has 2 aromatic carbocycles. The summed E-state index contributed by atoms with van der Waals surface area (Å²) in [7, 11) is 4.56. The lowest BCUT2D eigenvalue weighted by atomic mass is 10.1. The summed E-state index contributed by atoms with van der Waals surface area (Å²) in [5.41, 5.74) is 5.88. The molecule has 0 fully saturated rings. The molecule has 0 aliphatic heterocycles. The van der Waals surface area contributed by atoms with Crippen LogP contribution < -0.4 is 19.5 Å². The highest BCUT2D eigenvalue weighted by atomic mass is 32.1. The van der Waals surface area contributed by atoms with Gasteiger partial charge >= 0.3 is 0 Å². The highest BCUT2D eigenvalue weighted by Gasteiger charge is 2.20. The maximum Gasteiger partial charge on any atom is 0.255 e. The summed E-state index contributed by atoms with van der Waals surface area (Å²) in [6.07, 6.45) is 0. The van der Waals surface area contributed by atoms with Gasteiger partial charge in [-0.1, -0.05) is 11.3 Å². The van der Waals surface area contributed by atoms with Crippen molar-refractivity contribution in [3.8, 4) is 22.4 Å². The van der Waals surface area contributed by atoms with Gasteiger partial charge in [-0.05, 0) is 63.1 Å². The minimum atomic E-state index is -0.275. The Kier molecular flexibility index (Phi) is 5.99. The van der Waals surface area contributed by atoms with Gasteiger partial charge in [0.15, 0.2) is 11.5 Å². The Bertz CT molecular complexity index is 1350. The molecule has 4 rings (SSSR count). The molecule has 0 aliphatic carbocycles. The van der Waals surface area contributed by atoms with Crippen LogP contribution in [0, 0.1) is 27.7 Å². The molecule has 0 atom stereocenters. The van der Waals surface area contributed by atoms with E-state index in [1.165, 1.54) is 21.3 Å². The Hall–Kier alpha value is -3.59. The van der Waals surface area contributed by atoms with Gasteiger partial charge in [-0.3, -0.25) is 4.79 Å². The van der Waals surface area contributed by atoms with Gasteiger partial charge in [-0.15, -0.1) is 0 Å². The van der Waals surface area contributed by atoms with Crippen LogP contribution in [0.15, 0.2) is 24.3 Å². The Morgan fingerprint density at radius 1 is 0.970 bits per heavy atom. The monoisotopic (exact) mass is 466 g/mol. The third kappa shape index (κ3) is 4.00. The number of ether oxygens (including phenoxy) is 3.